The summed E-state index contributed by atoms with van der Waals surface area (Å²) in [7, 11) is 3.91. The molecular formula is C17H35NO7. The molecule has 1 saturated heterocycles. The number of carboxylic acid groups (broad SMARTS) is 1. The number of hydrogen-bond acceptors (Lipinski definition) is 7. The maximum Gasteiger partial charge on any atom is 0.102 e. The van der Waals surface area contributed by atoms with Gasteiger partial charge < -0.3 is 38.1 Å². The van der Waals surface area contributed by atoms with Crippen molar-refractivity contribution in [3.05, 3.63) is 0 Å². The Balaban J connectivity index is 0.000000535. The Morgan fingerprint density at radius 2 is 1.44 bits per heavy atom. The molecular weight excluding hydrogens is 330 g/mol. The van der Waals surface area contributed by atoms with Crippen LogP contribution in [0.1, 0.15) is 13.3 Å². The van der Waals surface area contributed by atoms with Crippen LogP contribution in [0.3, 0.4) is 0 Å². The van der Waals surface area contributed by atoms with E-state index in [0.29, 0.717) is 39.6 Å². The minimum absolute atomic E-state index is 0.0832. The Bertz CT molecular complexity index is 309. The molecule has 1 fully saturated rings. The van der Waals surface area contributed by atoms with E-state index in [1.807, 2.05) is 0 Å². The molecule has 0 aromatic rings. The Morgan fingerprint density at radius 3 is 1.84 bits per heavy atom. The largest absolute Gasteiger partial charge is 0.550 e. The summed E-state index contributed by atoms with van der Waals surface area (Å²) in [4.78, 5) is 10.0. The molecule has 0 unspecified atom stereocenters. The van der Waals surface area contributed by atoms with Gasteiger partial charge in [0.25, 0.3) is 0 Å². The highest BCUT2D eigenvalue weighted by atomic mass is 16.6. The molecule has 0 aromatic carbocycles. The first kappa shape index (κ1) is 24.2. The third-order valence-corrected chi connectivity index (χ3v) is 3.94. The number of likely N-dealkylation sites (N-methyl/N-ethyl adjacent to an activating group) is 1. The fourth-order valence-electron chi connectivity index (χ4n) is 1.94. The maximum atomic E-state index is 10.0. The highest BCUT2D eigenvalue weighted by Gasteiger charge is 2.21. The van der Waals surface area contributed by atoms with Gasteiger partial charge in [-0.25, -0.2) is 0 Å². The quantitative estimate of drug-likeness (QED) is 0.315. The van der Waals surface area contributed by atoms with Crippen LogP contribution in [-0.4, -0.2) is 104 Å². The smallest absolute Gasteiger partial charge is 0.102 e. The molecule has 8 nitrogen and oxygen atoms in total. The first-order chi connectivity index (χ1) is 12.0. The number of morpholine rings is 1. The van der Waals surface area contributed by atoms with E-state index < -0.39 is 5.97 Å². The summed E-state index contributed by atoms with van der Waals surface area (Å²) >= 11 is 0. The fraction of sp³-hybridized carbons (Fsp3) is 0.941. The number of quaternary nitrogens is 1. The normalized spacial score (nSPS) is 16.1. The average Bonchev–Trinajstić information content (AvgIpc) is 2.61. The van der Waals surface area contributed by atoms with Crippen LogP contribution in [0.2, 0.25) is 0 Å². The number of ether oxygens (including phenoxy) is 5. The predicted molar refractivity (Wildman–Crippen MR) is 91.2 cm³/mol. The van der Waals surface area contributed by atoms with E-state index >= 15 is 0 Å². The summed E-state index contributed by atoms with van der Waals surface area (Å²) in [6, 6.07) is 0. The van der Waals surface area contributed by atoms with Crippen LogP contribution in [0.25, 0.3) is 0 Å². The zero-order chi connectivity index (χ0) is 18.8. The number of carbonyl (C=O) groups is 1. The van der Waals surface area contributed by atoms with Gasteiger partial charge in [-0.3, -0.25) is 0 Å². The Labute approximate surface area is 151 Å². The van der Waals surface area contributed by atoms with E-state index in [1.54, 1.807) is 7.11 Å². The predicted octanol–water partition coefficient (Wildman–Crippen LogP) is -0.694. The lowest BCUT2D eigenvalue weighted by molar-refractivity contribution is -0.915. The van der Waals surface area contributed by atoms with Gasteiger partial charge in [-0.05, 0) is 6.92 Å². The van der Waals surface area contributed by atoms with Crippen molar-refractivity contribution in [1.29, 1.82) is 0 Å². The number of carbonyl (C=O) groups excluding carboxylic acids is 1. The lowest BCUT2D eigenvalue weighted by Crippen LogP contribution is -2.51. The molecule has 8 heteroatoms. The van der Waals surface area contributed by atoms with Crippen LogP contribution in [-0.2, 0) is 28.5 Å². The van der Waals surface area contributed by atoms with Crippen molar-refractivity contribution in [2.75, 3.05) is 93.3 Å². The second-order valence-electron chi connectivity index (χ2n) is 5.95. The van der Waals surface area contributed by atoms with Crippen LogP contribution in [0.4, 0.5) is 0 Å². The second-order valence-corrected chi connectivity index (χ2v) is 5.95. The van der Waals surface area contributed by atoms with Gasteiger partial charge in [0, 0.05) is 19.5 Å². The van der Waals surface area contributed by atoms with E-state index in [0.717, 1.165) is 13.2 Å². The molecule has 0 atom stereocenters. The zero-order valence-electron chi connectivity index (χ0n) is 16.0. The van der Waals surface area contributed by atoms with E-state index in [4.69, 9.17) is 23.7 Å². The molecule has 1 aliphatic heterocycles. The number of aliphatic carboxylic acids is 1. The van der Waals surface area contributed by atoms with Crippen molar-refractivity contribution in [1.82, 2.24) is 0 Å². The lowest BCUT2D eigenvalue weighted by Gasteiger charge is -2.36. The molecule has 0 saturated carbocycles. The standard InChI is InChI=1S/C10H20O6.C7H16NO/c1-13-4-5-15-8-9-16-7-6-14-3-2-10(11)12;1-3-8(2)4-6-9-7-5-8/h2-9H2,1H3,(H,11,12);3-7H2,1-2H3/q;+1/p-1. The molecule has 0 aromatic heterocycles. The van der Waals surface area contributed by atoms with Crippen LogP contribution >= 0.6 is 0 Å². The Kier molecular flexibility index (Phi) is 16.2. The second kappa shape index (κ2) is 16.7. The molecule has 0 amide bonds. The number of carboxylic acids is 1. The third-order valence-electron chi connectivity index (χ3n) is 3.94. The van der Waals surface area contributed by atoms with Crippen molar-refractivity contribution in [2.24, 2.45) is 0 Å². The first-order valence-corrected chi connectivity index (χ1v) is 8.87. The molecule has 1 rings (SSSR count). The van der Waals surface area contributed by atoms with E-state index in [1.165, 1.54) is 24.1 Å². The highest BCUT2D eigenvalue weighted by molar-refractivity contribution is 5.64. The zero-order valence-corrected chi connectivity index (χ0v) is 16.0. The third kappa shape index (κ3) is 16.4. The van der Waals surface area contributed by atoms with Crippen molar-refractivity contribution >= 4 is 5.97 Å². The SMILES string of the molecule is CC[N+]1(C)CCOCC1.COCCOCCOCCOCCC(=O)[O-]. The first-order valence-electron chi connectivity index (χ1n) is 8.87. The van der Waals surface area contributed by atoms with Crippen molar-refractivity contribution < 1.29 is 38.1 Å². The van der Waals surface area contributed by atoms with E-state index in [9.17, 15) is 9.90 Å². The highest BCUT2D eigenvalue weighted by Crippen LogP contribution is 2.05. The van der Waals surface area contributed by atoms with Gasteiger partial charge in [0.05, 0.1) is 73.1 Å². The van der Waals surface area contributed by atoms with Gasteiger partial charge in [-0.2, -0.15) is 0 Å². The Hall–Kier alpha value is -0.770. The summed E-state index contributed by atoms with van der Waals surface area (Å²) in [5, 5.41) is 10.0. The molecule has 1 heterocycles. The van der Waals surface area contributed by atoms with Crippen LogP contribution in [0, 0.1) is 0 Å². The number of nitrogens with zero attached hydrogens (tertiary/aromatic N) is 1. The molecule has 1 aliphatic rings. The number of rotatable bonds is 13. The van der Waals surface area contributed by atoms with E-state index in [-0.39, 0.29) is 13.0 Å². The summed E-state index contributed by atoms with van der Waals surface area (Å²) in [5.41, 5.74) is 0. The summed E-state index contributed by atoms with van der Waals surface area (Å²) in [6.07, 6.45) is -0.0832. The average molecular weight is 365 g/mol. The van der Waals surface area contributed by atoms with Crippen LogP contribution in [0.5, 0.6) is 0 Å². The minimum atomic E-state index is -1.10. The van der Waals surface area contributed by atoms with Crippen molar-refractivity contribution in [3.63, 3.8) is 0 Å². The van der Waals surface area contributed by atoms with Gasteiger partial charge in [0.2, 0.25) is 0 Å². The van der Waals surface area contributed by atoms with Crippen molar-refractivity contribution in [3.8, 4) is 0 Å². The molecule has 0 bridgehead atoms. The number of methoxy groups -OCH3 is 1. The minimum Gasteiger partial charge on any atom is -0.550 e. The van der Waals surface area contributed by atoms with Gasteiger partial charge in [0.1, 0.15) is 13.1 Å². The van der Waals surface area contributed by atoms with E-state index in [2.05, 4.69) is 14.0 Å². The van der Waals surface area contributed by atoms with Crippen molar-refractivity contribution in [2.45, 2.75) is 13.3 Å². The van der Waals surface area contributed by atoms with Crippen LogP contribution in [0.15, 0.2) is 0 Å². The summed E-state index contributed by atoms with van der Waals surface area (Å²) in [6.45, 7) is 10.9. The number of hydrogen-bond donors (Lipinski definition) is 0. The monoisotopic (exact) mass is 365 g/mol. The van der Waals surface area contributed by atoms with Gasteiger partial charge in [-0.1, -0.05) is 0 Å². The Morgan fingerprint density at radius 1 is 0.960 bits per heavy atom. The van der Waals surface area contributed by atoms with Gasteiger partial charge in [0.15, 0.2) is 0 Å². The van der Waals surface area contributed by atoms with Gasteiger partial charge in [-0.15, -0.1) is 0 Å². The fourth-order valence-corrected chi connectivity index (χ4v) is 1.94. The molecule has 0 N–H and O–H groups in total. The summed E-state index contributed by atoms with van der Waals surface area (Å²) < 4.78 is 26.5. The van der Waals surface area contributed by atoms with Crippen LogP contribution < -0.4 is 5.11 Å². The maximum absolute atomic E-state index is 10.0. The summed E-state index contributed by atoms with van der Waals surface area (Å²) in [5.74, 6) is -1.10. The van der Waals surface area contributed by atoms with Gasteiger partial charge >= 0.3 is 0 Å². The molecule has 0 radical (unpaired) electrons. The molecule has 0 spiro atoms. The molecule has 0 aliphatic carbocycles. The topological polar surface area (TPSA) is 86.3 Å². The molecule has 25 heavy (non-hydrogen) atoms. The lowest BCUT2D eigenvalue weighted by atomic mass is 10.3. The molecule has 150 valence electrons.